The highest BCUT2D eigenvalue weighted by Gasteiger charge is 2.48. The third kappa shape index (κ3) is 5.05. The number of hydrogen-bond donors (Lipinski definition) is 1. The third-order valence-corrected chi connectivity index (χ3v) is 8.12. The van der Waals surface area contributed by atoms with Crippen LogP contribution in [-0.2, 0) is 16.1 Å². The summed E-state index contributed by atoms with van der Waals surface area (Å²) >= 11 is 0. The molecule has 0 spiro atoms. The lowest BCUT2D eigenvalue weighted by molar-refractivity contribution is -0.137. The normalized spacial score (nSPS) is 27.9. The highest BCUT2D eigenvalue weighted by Crippen LogP contribution is 2.36. The van der Waals surface area contributed by atoms with E-state index in [1.54, 1.807) is 13.3 Å². The van der Waals surface area contributed by atoms with Crippen molar-refractivity contribution >= 4 is 11.9 Å². The number of aromatic nitrogens is 2. The number of methoxy groups -OCH3 is 1. The van der Waals surface area contributed by atoms with E-state index in [4.69, 9.17) is 9.72 Å². The minimum absolute atomic E-state index is 0.141. The molecule has 3 atom stereocenters. The molecule has 4 saturated heterocycles. The van der Waals surface area contributed by atoms with Gasteiger partial charge in [-0.1, -0.05) is 24.3 Å². The summed E-state index contributed by atoms with van der Waals surface area (Å²) in [7, 11) is 1.68. The van der Waals surface area contributed by atoms with Gasteiger partial charge in [-0.15, -0.1) is 0 Å². The molecule has 6 rings (SSSR count). The number of anilines is 1. The van der Waals surface area contributed by atoms with Crippen molar-refractivity contribution in [2.24, 2.45) is 5.92 Å². The van der Waals surface area contributed by atoms with Crippen molar-refractivity contribution in [2.75, 3.05) is 44.7 Å². The number of ether oxygens (including phenoxy) is 1. The minimum atomic E-state index is -1.85. The SMILES string of the molecule is COCc1ccc(-c2ccnc(N3CCC(F)(C(=O)NC4(C)CN5CCCC4CC5)CC3)n2)cc1. The number of hydrogen-bond acceptors (Lipinski definition) is 6. The van der Waals surface area contributed by atoms with Gasteiger partial charge in [-0.3, -0.25) is 4.79 Å². The number of carbonyl (C=O) groups excluding carboxylic acids is 1. The predicted molar refractivity (Wildman–Crippen MR) is 134 cm³/mol. The topological polar surface area (TPSA) is 70.6 Å². The Morgan fingerprint density at radius 3 is 2.66 bits per heavy atom. The fourth-order valence-corrected chi connectivity index (χ4v) is 5.95. The fourth-order valence-electron chi connectivity index (χ4n) is 5.95. The Balaban J connectivity index is 1.23. The molecule has 3 unspecified atom stereocenters. The van der Waals surface area contributed by atoms with Gasteiger partial charge in [0.1, 0.15) is 0 Å². The number of fused-ring (bicyclic) bond motifs is 4. The molecule has 7 nitrogen and oxygen atoms in total. The van der Waals surface area contributed by atoms with Gasteiger partial charge >= 0.3 is 0 Å². The lowest BCUT2D eigenvalue weighted by Crippen LogP contribution is -2.64. The first kappa shape index (κ1) is 24.1. The molecule has 188 valence electrons. The molecule has 1 amide bonds. The first-order valence-electron chi connectivity index (χ1n) is 12.8. The number of alkyl halides is 1. The summed E-state index contributed by atoms with van der Waals surface area (Å²) in [6.45, 7) is 6.47. The Bertz CT molecular complexity index is 1040. The molecule has 0 saturated carbocycles. The molecule has 4 fully saturated rings. The monoisotopic (exact) mass is 481 g/mol. The smallest absolute Gasteiger partial charge is 0.258 e. The van der Waals surface area contributed by atoms with E-state index in [1.807, 2.05) is 35.2 Å². The van der Waals surface area contributed by atoms with Gasteiger partial charge in [0, 0.05) is 51.3 Å². The standard InChI is InChI=1S/C27H36FN5O2/c1-26(19-32-14-3-4-22(26)10-15-32)31-24(34)27(28)11-16-33(17-12-27)25-29-13-9-23(30-25)21-7-5-20(6-8-21)18-35-2/h5-9,13,22H,3-4,10-12,14-19H2,1-2H3,(H,31,34). The third-order valence-electron chi connectivity index (χ3n) is 8.12. The van der Waals surface area contributed by atoms with E-state index in [0.29, 0.717) is 31.6 Å². The number of piperidine rings is 2. The van der Waals surface area contributed by atoms with Crippen LogP contribution in [0, 0.1) is 5.92 Å². The Morgan fingerprint density at radius 1 is 1.14 bits per heavy atom. The first-order valence-corrected chi connectivity index (χ1v) is 12.8. The Morgan fingerprint density at radius 2 is 1.91 bits per heavy atom. The van der Waals surface area contributed by atoms with Crippen molar-refractivity contribution in [3.8, 4) is 11.3 Å². The number of nitrogens with one attached hydrogen (secondary N) is 1. The van der Waals surface area contributed by atoms with Crippen molar-refractivity contribution in [1.82, 2.24) is 20.2 Å². The minimum Gasteiger partial charge on any atom is -0.380 e. The number of rotatable bonds is 6. The van der Waals surface area contributed by atoms with Crippen molar-refractivity contribution in [3.05, 3.63) is 42.1 Å². The van der Waals surface area contributed by atoms with Crippen LogP contribution >= 0.6 is 0 Å². The Hall–Kier alpha value is -2.58. The van der Waals surface area contributed by atoms with Gasteiger partial charge in [-0.2, -0.15) is 0 Å². The maximum Gasteiger partial charge on any atom is 0.258 e. The summed E-state index contributed by atoms with van der Waals surface area (Å²) in [6.07, 6.45) is 5.35. The molecule has 2 aromatic rings. The summed E-state index contributed by atoms with van der Waals surface area (Å²) in [5.74, 6) is 0.555. The molecule has 4 aliphatic rings. The largest absolute Gasteiger partial charge is 0.380 e. The molecule has 0 radical (unpaired) electrons. The van der Waals surface area contributed by atoms with Crippen LogP contribution in [0.2, 0.25) is 0 Å². The molecule has 1 aromatic heterocycles. The van der Waals surface area contributed by atoms with E-state index >= 15 is 4.39 Å². The zero-order valence-electron chi connectivity index (χ0n) is 20.8. The highest BCUT2D eigenvalue weighted by atomic mass is 19.1. The number of halogens is 1. The lowest BCUT2D eigenvalue weighted by Gasteiger charge is -2.46. The van der Waals surface area contributed by atoms with Gasteiger partial charge < -0.3 is 19.9 Å². The second-order valence-corrected chi connectivity index (χ2v) is 10.6. The van der Waals surface area contributed by atoms with Gasteiger partial charge in [0.2, 0.25) is 5.95 Å². The van der Waals surface area contributed by atoms with Crippen LogP contribution in [0.15, 0.2) is 36.5 Å². The molecule has 1 aromatic carbocycles. The van der Waals surface area contributed by atoms with Gasteiger partial charge in [0.25, 0.3) is 5.91 Å². The van der Waals surface area contributed by atoms with E-state index in [-0.39, 0.29) is 18.4 Å². The number of carbonyl (C=O) groups is 1. The van der Waals surface area contributed by atoms with Crippen molar-refractivity contribution < 1.29 is 13.9 Å². The lowest BCUT2D eigenvalue weighted by atomic mass is 9.78. The average Bonchev–Trinajstić information content (AvgIpc) is 3.19. The summed E-state index contributed by atoms with van der Waals surface area (Å²) < 4.78 is 21.0. The maximum atomic E-state index is 15.9. The van der Waals surface area contributed by atoms with E-state index in [9.17, 15) is 4.79 Å². The molecule has 8 heteroatoms. The Labute approximate surface area is 207 Å². The number of nitrogens with zero attached hydrogens (tertiary/aromatic N) is 4. The maximum absolute atomic E-state index is 15.9. The summed E-state index contributed by atoms with van der Waals surface area (Å²) in [4.78, 5) is 26.7. The molecule has 0 aliphatic carbocycles. The number of benzene rings is 1. The molecule has 2 bridgehead atoms. The average molecular weight is 482 g/mol. The summed E-state index contributed by atoms with van der Waals surface area (Å²) in [6, 6.07) is 9.96. The summed E-state index contributed by atoms with van der Waals surface area (Å²) in [5, 5.41) is 3.16. The highest BCUT2D eigenvalue weighted by molar-refractivity contribution is 5.86. The van der Waals surface area contributed by atoms with Crippen molar-refractivity contribution in [3.63, 3.8) is 0 Å². The van der Waals surface area contributed by atoms with Crippen LogP contribution in [0.4, 0.5) is 10.3 Å². The second kappa shape index (κ2) is 9.82. The van der Waals surface area contributed by atoms with Crippen LogP contribution in [0.5, 0.6) is 0 Å². The molecule has 4 aliphatic heterocycles. The van der Waals surface area contributed by atoms with Gasteiger partial charge in [0.15, 0.2) is 5.67 Å². The number of amides is 1. The van der Waals surface area contributed by atoms with E-state index in [0.717, 1.165) is 55.7 Å². The molecule has 5 heterocycles. The van der Waals surface area contributed by atoms with Crippen molar-refractivity contribution in [2.45, 2.75) is 56.8 Å². The van der Waals surface area contributed by atoms with Crippen LogP contribution in [0.25, 0.3) is 11.3 Å². The van der Waals surface area contributed by atoms with Crippen LogP contribution in [0.1, 0.15) is 44.6 Å². The quantitative estimate of drug-likeness (QED) is 0.680. The fraction of sp³-hybridized carbons (Fsp3) is 0.593. The Kier molecular flexibility index (Phi) is 6.77. The summed E-state index contributed by atoms with van der Waals surface area (Å²) in [5.41, 5.74) is 0.710. The zero-order valence-corrected chi connectivity index (χ0v) is 20.8. The molecule has 1 N–H and O–H groups in total. The van der Waals surface area contributed by atoms with E-state index in [1.165, 1.54) is 0 Å². The zero-order chi connectivity index (χ0) is 24.5. The van der Waals surface area contributed by atoms with E-state index < -0.39 is 11.6 Å². The molecular formula is C27H36FN5O2. The van der Waals surface area contributed by atoms with Crippen LogP contribution in [-0.4, -0.2) is 71.8 Å². The van der Waals surface area contributed by atoms with Crippen molar-refractivity contribution in [1.29, 1.82) is 0 Å². The molecule has 35 heavy (non-hydrogen) atoms. The van der Waals surface area contributed by atoms with Gasteiger partial charge in [-0.05, 0) is 56.8 Å². The first-order chi connectivity index (χ1) is 16.9. The second-order valence-electron chi connectivity index (χ2n) is 10.6. The molecular weight excluding hydrogens is 445 g/mol. The van der Waals surface area contributed by atoms with Gasteiger partial charge in [0.05, 0.1) is 17.8 Å². The van der Waals surface area contributed by atoms with Gasteiger partial charge in [-0.25, -0.2) is 14.4 Å². The predicted octanol–water partition coefficient (Wildman–Crippen LogP) is 3.59. The van der Waals surface area contributed by atoms with E-state index in [2.05, 4.69) is 22.1 Å². The van der Waals surface area contributed by atoms with Crippen LogP contribution < -0.4 is 10.2 Å². The van der Waals surface area contributed by atoms with Crippen LogP contribution in [0.3, 0.4) is 0 Å².